The van der Waals surface area contributed by atoms with E-state index in [2.05, 4.69) is 27.0 Å². The molecule has 0 saturated heterocycles. The summed E-state index contributed by atoms with van der Waals surface area (Å²) in [6, 6.07) is 13.9. The summed E-state index contributed by atoms with van der Waals surface area (Å²) in [6.07, 6.45) is 3.79. The zero-order chi connectivity index (χ0) is 31.4. The second-order valence-electron chi connectivity index (χ2n) is 10.9. The molecule has 0 fully saturated rings. The Kier molecular flexibility index (Phi) is 9.08. The first kappa shape index (κ1) is 30.5. The number of ether oxygens (including phenoxy) is 3. The fourth-order valence-electron chi connectivity index (χ4n) is 5.94. The number of anilines is 1. The van der Waals surface area contributed by atoms with Gasteiger partial charge in [-0.05, 0) is 72.7 Å². The highest BCUT2D eigenvalue weighted by atomic mass is 16.5. The van der Waals surface area contributed by atoms with Crippen LogP contribution < -0.4 is 35.6 Å². The van der Waals surface area contributed by atoms with Crippen molar-refractivity contribution in [2.24, 2.45) is 0 Å². The summed E-state index contributed by atoms with van der Waals surface area (Å²) >= 11 is 0. The Hall–Kier alpha value is -4.99. The number of rotatable bonds is 10. The SMILES string of the molecule is COc1cc2c(c(OC)c1OC)-c1ccc(N[C@@H](C)C(=O)NCCc3c[nH]c4ccccc34)c(=O)cc1[C@@H](NC(C)=O)CC2. The summed E-state index contributed by atoms with van der Waals surface area (Å²) in [5.41, 5.74) is 5.21. The van der Waals surface area contributed by atoms with Crippen LogP contribution in [0, 0.1) is 0 Å². The van der Waals surface area contributed by atoms with Crippen LogP contribution in [0.5, 0.6) is 17.2 Å². The molecule has 10 heteroatoms. The molecule has 3 aromatic carbocycles. The van der Waals surface area contributed by atoms with Crippen LogP contribution in [-0.2, 0) is 22.4 Å². The molecule has 1 heterocycles. The van der Waals surface area contributed by atoms with Gasteiger partial charge in [-0.3, -0.25) is 14.4 Å². The Morgan fingerprint density at radius 1 is 1.02 bits per heavy atom. The van der Waals surface area contributed by atoms with Gasteiger partial charge < -0.3 is 35.1 Å². The number of aromatic nitrogens is 1. The number of benzene rings is 2. The minimum Gasteiger partial charge on any atom is -0.493 e. The monoisotopic (exact) mass is 598 g/mol. The van der Waals surface area contributed by atoms with Gasteiger partial charge in [-0.25, -0.2) is 0 Å². The number of para-hydroxylation sites is 1. The summed E-state index contributed by atoms with van der Waals surface area (Å²) in [5.74, 6) is 1.01. The van der Waals surface area contributed by atoms with E-state index in [1.54, 1.807) is 34.3 Å². The standard InChI is InChI=1S/C34H38N4O6/c1-19(34(41)35-15-14-22-18-36-26-9-7-6-8-23(22)26)37-28-13-11-24-25(17-29(28)40)27(38-20(2)39)12-10-21-16-30(42-3)32(43-4)33(44-5)31(21)24/h6-9,11,13,16-19,27,36H,10,12,14-15H2,1-5H3,(H,35,41)(H,37,40)(H,38,39)/t19-,27-/m0/s1. The van der Waals surface area contributed by atoms with Gasteiger partial charge in [0, 0.05) is 36.1 Å². The molecular weight excluding hydrogens is 560 g/mol. The first-order valence-electron chi connectivity index (χ1n) is 14.6. The maximum atomic E-state index is 13.6. The second kappa shape index (κ2) is 13.1. The summed E-state index contributed by atoms with van der Waals surface area (Å²) in [6.45, 7) is 3.62. The molecule has 0 bridgehead atoms. The van der Waals surface area contributed by atoms with Gasteiger partial charge in [0.05, 0.1) is 33.1 Å². The molecule has 0 unspecified atom stereocenters. The van der Waals surface area contributed by atoms with Crippen LogP contribution >= 0.6 is 0 Å². The van der Waals surface area contributed by atoms with E-state index in [0.717, 1.165) is 33.2 Å². The van der Waals surface area contributed by atoms with Gasteiger partial charge in [0.2, 0.25) is 23.0 Å². The normalized spacial score (nSPS) is 14.4. The van der Waals surface area contributed by atoms with Crippen molar-refractivity contribution in [1.82, 2.24) is 15.6 Å². The molecule has 5 rings (SSSR count). The smallest absolute Gasteiger partial charge is 0.242 e. The average molecular weight is 599 g/mol. The number of carbonyl (C=O) groups is 2. The first-order chi connectivity index (χ1) is 21.2. The molecular formula is C34H38N4O6. The van der Waals surface area contributed by atoms with E-state index in [1.807, 2.05) is 36.5 Å². The van der Waals surface area contributed by atoms with Crippen molar-refractivity contribution in [2.45, 2.75) is 45.2 Å². The van der Waals surface area contributed by atoms with Crippen LogP contribution in [0.25, 0.3) is 22.0 Å². The zero-order valence-electron chi connectivity index (χ0n) is 25.6. The van der Waals surface area contributed by atoms with Gasteiger partial charge in [-0.1, -0.05) is 24.3 Å². The molecule has 0 radical (unpaired) electrons. The lowest BCUT2D eigenvalue weighted by atomic mass is 9.95. The molecule has 1 aromatic heterocycles. The summed E-state index contributed by atoms with van der Waals surface area (Å²) < 4.78 is 17.1. The Bertz CT molecular complexity index is 1770. The third-order valence-corrected chi connectivity index (χ3v) is 8.05. The van der Waals surface area contributed by atoms with E-state index < -0.39 is 12.1 Å². The number of aromatic amines is 1. The molecule has 10 nitrogen and oxygen atoms in total. The van der Waals surface area contributed by atoms with Crippen LogP contribution in [0.15, 0.2) is 59.5 Å². The molecule has 1 aliphatic rings. The molecule has 0 saturated carbocycles. The van der Waals surface area contributed by atoms with E-state index in [1.165, 1.54) is 13.0 Å². The van der Waals surface area contributed by atoms with Gasteiger partial charge in [-0.2, -0.15) is 0 Å². The minimum absolute atomic E-state index is 0.204. The zero-order valence-corrected chi connectivity index (χ0v) is 25.6. The summed E-state index contributed by atoms with van der Waals surface area (Å²) in [4.78, 5) is 42.0. The number of hydrogen-bond acceptors (Lipinski definition) is 7. The highest BCUT2D eigenvalue weighted by molar-refractivity contribution is 5.86. The maximum absolute atomic E-state index is 13.6. The van der Waals surface area contributed by atoms with Crippen molar-refractivity contribution in [3.63, 3.8) is 0 Å². The van der Waals surface area contributed by atoms with Crippen molar-refractivity contribution in [3.8, 4) is 28.4 Å². The number of fused-ring (bicyclic) bond motifs is 4. The van der Waals surface area contributed by atoms with Gasteiger partial charge in [-0.15, -0.1) is 0 Å². The second-order valence-corrected chi connectivity index (χ2v) is 10.9. The number of amides is 2. The number of carbonyl (C=O) groups excluding carboxylic acids is 2. The van der Waals surface area contributed by atoms with Crippen LogP contribution in [0.3, 0.4) is 0 Å². The van der Waals surface area contributed by atoms with E-state index in [9.17, 15) is 14.4 Å². The van der Waals surface area contributed by atoms with Crippen molar-refractivity contribution < 1.29 is 23.8 Å². The molecule has 4 N–H and O–H groups in total. The predicted molar refractivity (Wildman–Crippen MR) is 171 cm³/mol. The Morgan fingerprint density at radius 3 is 2.52 bits per heavy atom. The molecule has 1 aliphatic carbocycles. The fraction of sp³-hybridized carbons (Fsp3) is 0.324. The highest BCUT2D eigenvalue weighted by Gasteiger charge is 2.29. The quantitative estimate of drug-likeness (QED) is 0.211. The topological polar surface area (TPSA) is 131 Å². The van der Waals surface area contributed by atoms with Gasteiger partial charge in [0.25, 0.3) is 0 Å². The number of hydrogen-bond donors (Lipinski definition) is 4. The highest BCUT2D eigenvalue weighted by Crippen LogP contribution is 2.50. The Balaban J connectivity index is 1.44. The molecule has 2 atom stereocenters. The lowest BCUT2D eigenvalue weighted by Crippen LogP contribution is -2.39. The molecule has 230 valence electrons. The van der Waals surface area contributed by atoms with Crippen molar-refractivity contribution in [2.75, 3.05) is 33.2 Å². The van der Waals surface area contributed by atoms with E-state index in [4.69, 9.17) is 14.2 Å². The third-order valence-electron chi connectivity index (χ3n) is 8.05. The van der Waals surface area contributed by atoms with E-state index >= 15 is 0 Å². The number of H-pyrrole nitrogens is 1. The lowest BCUT2D eigenvalue weighted by Gasteiger charge is -2.19. The summed E-state index contributed by atoms with van der Waals surface area (Å²) in [7, 11) is 4.66. The predicted octanol–water partition coefficient (Wildman–Crippen LogP) is 4.50. The number of methoxy groups -OCH3 is 3. The van der Waals surface area contributed by atoms with Crippen molar-refractivity contribution in [3.05, 3.63) is 81.6 Å². The summed E-state index contributed by atoms with van der Waals surface area (Å²) in [5, 5.41) is 10.2. The molecule has 4 aromatic rings. The van der Waals surface area contributed by atoms with Crippen LogP contribution in [0.4, 0.5) is 5.69 Å². The van der Waals surface area contributed by atoms with Crippen LogP contribution in [-0.4, -0.2) is 50.7 Å². The Morgan fingerprint density at radius 2 is 1.80 bits per heavy atom. The van der Waals surface area contributed by atoms with Crippen molar-refractivity contribution >= 4 is 28.4 Å². The van der Waals surface area contributed by atoms with Gasteiger partial charge in [0.15, 0.2) is 11.5 Å². The molecule has 0 aliphatic heterocycles. The minimum atomic E-state index is -0.676. The largest absolute Gasteiger partial charge is 0.493 e. The first-order valence-corrected chi connectivity index (χ1v) is 14.6. The van der Waals surface area contributed by atoms with E-state index in [0.29, 0.717) is 48.6 Å². The van der Waals surface area contributed by atoms with Crippen LogP contribution in [0.1, 0.15) is 43.0 Å². The van der Waals surface area contributed by atoms with Gasteiger partial charge in [0.1, 0.15) is 6.04 Å². The number of aryl methyl sites for hydroxylation is 1. The average Bonchev–Trinajstić information content (AvgIpc) is 3.29. The van der Waals surface area contributed by atoms with Crippen molar-refractivity contribution in [1.29, 1.82) is 0 Å². The van der Waals surface area contributed by atoms with Crippen LogP contribution in [0.2, 0.25) is 0 Å². The maximum Gasteiger partial charge on any atom is 0.242 e. The third kappa shape index (κ3) is 6.06. The molecule has 0 spiro atoms. The molecule has 44 heavy (non-hydrogen) atoms. The van der Waals surface area contributed by atoms with Gasteiger partial charge >= 0.3 is 0 Å². The fourth-order valence-corrected chi connectivity index (χ4v) is 5.94. The molecule has 2 amide bonds. The van der Waals surface area contributed by atoms with E-state index in [-0.39, 0.29) is 22.9 Å². The number of nitrogens with one attached hydrogen (secondary N) is 4. The Labute approximate surface area is 256 Å². The lowest BCUT2D eigenvalue weighted by molar-refractivity contribution is -0.121.